The number of hydrogen-bond donors (Lipinski definition) is 0. The fourth-order valence-electron chi connectivity index (χ4n) is 3.03. The summed E-state index contributed by atoms with van der Waals surface area (Å²) in [5.41, 5.74) is 2.61. The molecule has 1 amide bonds. The summed E-state index contributed by atoms with van der Waals surface area (Å²) < 4.78 is 6.02. The SMILES string of the molecule is C[C@@H]1c2cc(Cl)ccc2O[C@H]2c3ccccc3C(=O)N12. The zero-order valence-corrected chi connectivity index (χ0v) is 11.6. The molecule has 4 rings (SSSR count). The highest BCUT2D eigenvalue weighted by molar-refractivity contribution is 6.30. The largest absolute Gasteiger partial charge is 0.466 e. The van der Waals surface area contributed by atoms with Crippen molar-refractivity contribution >= 4 is 17.5 Å². The van der Waals surface area contributed by atoms with Gasteiger partial charge in [0.2, 0.25) is 6.23 Å². The molecule has 20 heavy (non-hydrogen) atoms. The number of nitrogens with zero attached hydrogens (tertiary/aromatic N) is 1. The second-order valence-corrected chi connectivity index (χ2v) is 5.56. The molecule has 2 heterocycles. The fraction of sp³-hybridized carbons (Fsp3) is 0.188. The number of hydrogen-bond acceptors (Lipinski definition) is 2. The van der Waals surface area contributed by atoms with Gasteiger partial charge in [-0.05, 0) is 31.2 Å². The summed E-state index contributed by atoms with van der Waals surface area (Å²) in [6, 6.07) is 13.1. The Kier molecular flexibility index (Phi) is 2.36. The minimum atomic E-state index is -0.331. The molecule has 100 valence electrons. The molecule has 2 aliphatic heterocycles. The zero-order chi connectivity index (χ0) is 13.9. The lowest BCUT2D eigenvalue weighted by Crippen LogP contribution is -2.37. The van der Waals surface area contributed by atoms with Gasteiger partial charge in [-0.25, -0.2) is 0 Å². The molecule has 0 saturated carbocycles. The maximum Gasteiger partial charge on any atom is 0.257 e. The third-order valence-corrected chi connectivity index (χ3v) is 4.26. The van der Waals surface area contributed by atoms with E-state index in [4.69, 9.17) is 16.3 Å². The molecule has 0 aliphatic carbocycles. The first kappa shape index (κ1) is 11.8. The van der Waals surface area contributed by atoms with Gasteiger partial charge < -0.3 is 4.74 Å². The molecule has 2 aliphatic rings. The maximum atomic E-state index is 12.5. The molecule has 0 aromatic heterocycles. The van der Waals surface area contributed by atoms with Crippen molar-refractivity contribution in [3.8, 4) is 5.75 Å². The van der Waals surface area contributed by atoms with Crippen LogP contribution in [0.5, 0.6) is 5.75 Å². The Morgan fingerprint density at radius 2 is 1.95 bits per heavy atom. The van der Waals surface area contributed by atoms with Gasteiger partial charge in [-0.15, -0.1) is 0 Å². The molecule has 0 N–H and O–H groups in total. The third kappa shape index (κ3) is 1.44. The first-order valence-electron chi connectivity index (χ1n) is 6.54. The summed E-state index contributed by atoms with van der Waals surface area (Å²) in [6.45, 7) is 2.01. The van der Waals surface area contributed by atoms with Crippen LogP contribution in [0.3, 0.4) is 0 Å². The van der Waals surface area contributed by atoms with Crippen LogP contribution in [0.2, 0.25) is 5.02 Å². The lowest BCUT2D eigenvalue weighted by Gasteiger charge is -2.37. The topological polar surface area (TPSA) is 29.5 Å². The van der Waals surface area contributed by atoms with Gasteiger partial charge in [0.25, 0.3) is 5.91 Å². The van der Waals surface area contributed by atoms with Gasteiger partial charge in [-0.2, -0.15) is 0 Å². The van der Waals surface area contributed by atoms with Gasteiger partial charge in [-0.1, -0.05) is 29.8 Å². The third-order valence-electron chi connectivity index (χ3n) is 4.02. The van der Waals surface area contributed by atoms with E-state index in [2.05, 4.69) is 0 Å². The monoisotopic (exact) mass is 285 g/mol. The average molecular weight is 286 g/mol. The normalized spacial score (nSPS) is 22.9. The van der Waals surface area contributed by atoms with Crippen LogP contribution in [0.4, 0.5) is 0 Å². The molecular weight excluding hydrogens is 274 g/mol. The lowest BCUT2D eigenvalue weighted by molar-refractivity contribution is -0.00180. The molecule has 0 saturated heterocycles. The van der Waals surface area contributed by atoms with Crippen LogP contribution in [0, 0.1) is 0 Å². The van der Waals surface area contributed by atoms with E-state index in [-0.39, 0.29) is 18.2 Å². The van der Waals surface area contributed by atoms with Crippen LogP contribution in [0.25, 0.3) is 0 Å². The standard InChI is InChI=1S/C16H12ClNO2/c1-9-13-8-10(17)6-7-14(13)20-16-12-5-3-2-4-11(12)15(19)18(9)16/h2-9,16H,1H3/t9-,16+/m1/s1. The van der Waals surface area contributed by atoms with Crippen LogP contribution in [-0.2, 0) is 0 Å². The van der Waals surface area contributed by atoms with Crippen molar-refractivity contribution in [2.45, 2.75) is 19.2 Å². The summed E-state index contributed by atoms with van der Waals surface area (Å²) >= 11 is 6.05. The van der Waals surface area contributed by atoms with Crippen molar-refractivity contribution in [2.24, 2.45) is 0 Å². The minimum Gasteiger partial charge on any atom is -0.466 e. The smallest absolute Gasteiger partial charge is 0.257 e. The molecule has 4 heteroatoms. The Balaban J connectivity index is 1.89. The molecule has 0 bridgehead atoms. The average Bonchev–Trinajstić information content (AvgIpc) is 2.74. The minimum absolute atomic E-state index is 0.0173. The van der Waals surface area contributed by atoms with Crippen LogP contribution in [0.1, 0.15) is 40.7 Å². The molecule has 0 fully saturated rings. The van der Waals surface area contributed by atoms with E-state index in [1.807, 2.05) is 49.4 Å². The van der Waals surface area contributed by atoms with E-state index in [1.165, 1.54) is 0 Å². The Hall–Kier alpha value is -2.00. The zero-order valence-electron chi connectivity index (χ0n) is 10.8. The van der Waals surface area contributed by atoms with Crippen molar-refractivity contribution < 1.29 is 9.53 Å². The summed E-state index contributed by atoms with van der Waals surface area (Å²) in [6.07, 6.45) is -0.331. The van der Waals surface area contributed by atoms with E-state index in [0.717, 1.165) is 22.4 Å². The highest BCUT2D eigenvalue weighted by Gasteiger charge is 2.44. The van der Waals surface area contributed by atoms with Gasteiger partial charge in [0.1, 0.15) is 5.75 Å². The van der Waals surface area contributed by atoms with Crippen molar-refractivity contribution in [1.82, 2.24) is 4.90 Å². The van der Waals surface area contributed by atoms with Gasteiger partial charge >= 0.3 is 0 Å². The predicted octanol–water partition coefficient (Wildman–Crippen LogP) is 3.95. The number of ether oxygens (including phenoxy) is 1. The van der Waals surface area contributed by atoms with Gasteiger partial charge in [-0.3, -0.25) is 9.69 Å². The highest BCUT2D eigenvalue weighted by Crippen LogP contribution is 2.47. The fourth-order valence-corrected chi connectivity index (χ4v) is 3.21. The number of rotatable bonds is 0. The Bertz CT molecular complexity index is 728. The van der Waals surface area contributed by atoms with E-state index in [0.29, 0.717) is 5.02 Å². The Morgan fingerprint density at radius 1 is 1.15 bits per heavy atom. The maximum absolute atomic E-state index is 12.5. The van der Waals surface area contributed by atoms with Crippen molar-refractivity contribution in [1.29, 1.82) is 0 Å². The van der Waals surface area contributed by atoms with Gasteiger partial charge in [0.15, 0.2) is 0 Å². The number of carbonyl (C=O) groups excluding carboxylic acids is 1. The van der Waals surface area contributed by atoms with E-state index in [9.17, 15) is 4.79 Å². The molecule has 0 radical (unpaired) electrons. The van der Waals surface area contributed by atoms with Crippen LogP contribution >= 0.6 is 11.6 Å². The lowest BCUT2D eigenvalue weighted by atomic mass is 10.0. The number of benzene rings is 2. The van der Waals surface area contributed by atoms with E-state index < -0.39 is 0 Å². The molecule has 3 nitrogen and oxygen atoms in total. The predicted molar refractivity (Wildman–Crippen MR) is 75.8 cm³/mol. The summed E-state index contributed by atoms with van der Waals surface area (Å²) in [4.78, 5) is 14.3. The molecule has 2 atom stereocenters. The van der Waals surface area contributed by atoms with E-state index in [1.54, 1.807) is 4.90 Å². The van der Waals surface area contributed by atoms with Crippen LogP contribution < -0.4 is 4.74 Å². The molecule has 2 aromatic carbocycles. The first-order chi connectivity index (χ1) is 9.66. The van der Waals surface area contributed by atoms with Crippen molar-refractivity contribution in [3.63, 3.8) is 0 Å². The Morgan fingerprint density at radius 3 is 2.80 bits per heavy atom. The number of amides is 1. The van der Waals surface area contributed by atoms with Crippen LogP contribution in [0.15, 0.2) is 42.5 Å². The second kappa shape index (κ2) is 4.00. The molecular formula is C16H12ClNO2. The van der Waals surface area contributed by atoms with Crippen LogP contribution in [-0.4, -0.2) is 10.8 Å². The summed E-state index contributed by atoms with van der Waals surface area (Å²) in [7, 11) is 0. The number of carbonyl (C=O) groups is 1. The molecule has 0 spiro atoms. The van der Waals surface area contributed by atoms with Crippen molar-refractivity contribution in [2.75, 3.05) is 0 Å². The van der Waals surface area contributed by atoms with Gasteiger partial charge in [0, 0.05) is 21.7 Å². The molecule has 0 unspecified atom stereocenters. The first-order valence-corrected chi connectivity index (χ1v) is 6.92. The summed E-state index contributed by atoms with van der Waals surface area (Å²) in [5, 5.41) is 0.654. The quantitative estimate of drug-likeness (QED) is 0.733. The second-order valence-electron chi connectivity index (χ2n) is 5.13. The summed E-state index contributed by atoms with van der Waals surface area (Å²) in [5.74, 6) is 0.816. The van der Waals surface area contributed by atoms with Crippen molar-refractivity contribution in [3.05, 3.63) is 64.2 Å². The van der Waals surface area contributed by atoms with E-state index >= 15 is 0 Å². The number of halogens is 1. The number of fused-ring (bicyclic) bond motifs is 4. The Labute approximate surface area is 121 Å². The highest BCUT2D eigenvalue weighted by atomic mass is 35.5. The molecule has 2 aromatic rings. The van der Waals surface area contributed by atoms with Gasteiger partial charge in [0.05, 0.1) is 6.04 Å².